The Balaban J connectivity index is 1.53. The number of nitrogens with zero attached hydrogens (tertiary/aromatic N) is 3. The molecular weight excluding hydrogens is 563 g/mol. The van der Waals surface area contributed by atoms with E-state index in [0.29, 0.717) is 23.0 Å². The minimum Gasteiger partial charge on any atom is -0.490 e. The Hall–Kier alpha value is -5.31. The second kappa shape index (κ2) is 12.3. The van der Waals surface area contributed by atoms with E-state index in [1.807, 2.05) is 0 Å². The summed E-state index contributed by atoms with van der Waals surface area (Å²) in [5.41, 5.74) is -0.391. The number of carbonyl (C=O) groups is 3. The van der Waals surface area contributed by atoms with Crippen molar-refractivity contribution in [1.29, 1.82) is 0 Å². The summed E-state index contributed by atoms with van der Waals surface area (Å²) in [6.45, 7) is 1.32. The van der Waals surface area contributed by atoms with Gasteiger partial charge >= 0.3 is 5.69 Å². The van der Waals surface area contributed by atoms with Crippen molar-refractivity contribution < 1.29 is 38.1 Å². The molecule has 0 aromatic heterocycles. The van der Waals surface area contributed by atoms with Crippen LogP contribution in [0.15, 0.2) is 65.6 Å². The molecule has 0 atom stereocenters. The summed E-state index contributed by atoms with van der Waals surface area (Å²) < 4.78 is 24.3. The van der Waals surface area contributed by atoms with E-state index in [-0.39, 0.29) is 28.8 Å². The largest absolute Gasteiger partial charge is 0.490 e. The smallest absolute Gasteiger partial charge is 0.318 e. The van der Waals surface area contributed by atoms with Crippen LogP contribution in [0, 0.1) is 26.0 Å². The fourth-order valence-corrected chi connectivity index (χ4v) is 4.44. The molecule has 1 saturated heterocycles. The Morgan fingerprint density at radius 1 is 1.00 bits per heavy atom. The van der Waals surface area contributed by atoms with Crippen molar-refractivity contribution in [2.75, 3.05) is 18.5 Å². The lowest BCUT2D eigenvalue weighted by Crippen LogP contribution is -2.36. The third kappa shape index (κ3) is 6.83. The Morgan fingerprint density at radius 2 is 1.71 bits per heavy atom. The average Bonchev–Trinajstić information content (AvgIpc) is 3.18. The van der Waals surface area contributed by atoms with Gasteiger partial charge in [0.15, 0.2) is 11.5 Å². The number of amides is 3. The van der Waals surface area contributed by atoms with Gasteiger partial charge in [0.25, 0.3) is 16.8 Å². The second-order valence-electron chi connectivity index (χ2n) is 8.23. The standard InChI is InChI=1S/C26H19FN4O9S/c1-2-39-22-11-15(3-9-21(22)40-20-10-8-18(30(35)36)13-19(20)31(37)38)12-23-25(33)29(26(34)41-23)14-24(32)28-17-6-4-16(27)5-7-17/h3-13H,2,14H2,1H3,(H,28,32)/b23-12+. The van der Waals surface area contributed by atoms with E-state index in [9.17, 15) is 39.0 Å². The number of rotatable bonds is 10. The highest BCUT2D eigenvalue weighted by molar-refractivity contribution is 8.18. The molecule has 15 heteroatoms. The van der Waals surface area contributed by atoms with Crippen molar-refractivity contribution >= 4 is 52.0 Å². The van der Waals surface area contributed by atoms with E-state index in [1.54, 1.807) is 6.92 Å². The van der Waals surface area contributed by atoms with Crippen LogP contribution in [0.1, 0.15) is 12.5 Å². The van der Waals surface area contributed by atoms with Crippen LogP contribution in [0.2, 0.25) is 0 Å². The van der Waals surface area contributed by atoms with Gasteiger partial charge < -0.3 is 14.8 Å². The van der Waals surface area contributed by atoms with Crippen molar-refractivity contribution in [2.45, 2.75) is 6.92 Å². The van der Waals surface area contributed by atoms with Crippen molar-refractivity contribution in [3.63, 3.8) is 0 Å². The predicted octanol–water partition coefficient (Wildman–Crippen LogP) is 5.51. The maximum atomic E-state index is 13.1. The number of non-ortho nitro benzene ring substituents is 1. The number of nitrogens with one attached hydrogen (secondary N) is 1. The number of anilines is 1. The van der Waals surface area contributed by atoms with Gasteiger partial charge in [0, 0.05) is 11.8 Å². The predicted molar refractivity (Wildman–Crippen MR) is 145 cm³/mol. The lowest BCUT2D eigenvalue weighted by Gasteiger charge is -2.13. The maximum Gasteiger partial charge on any atom is 0.318 e. The van der Waals surface area contributed by atoms with Crippen LogP contribution in [0.3, 0.4) is 0 Å². The van der Waals surface area contributed by atoms with Crippen LogP contribution in [0.25, 0.3) is 6.08 Å². The Kier molecular flexibility index (Phi) is 8.57. The molecular formula is C26H19FN4O9S. The lowest BCUT2D eigenvalue weighted by molar-refractivity contribution is -0.394. The van der Waals surface area contributed by atoms with Gasteiger partial charge in [-0.05, 0) is 72.8 Å². The topological polar surface area (TPSA) is 171 Å². The molecule has 0 bridgehead atoms. The first-order chi connectivity index (χ1) is 19.5. The highest BCUT2D eigenvalue weighted by Gasteiger charge is 2.36. The summed E-state index contributed by atoms with van der Waals surface area (Å²) in [6.07, 6.45) is 1.41. The Morgan fingerprint density at radius 3 is 2.37 bits per heavy atom. The molecule has 0 spiro atoms. The van der Waals surface area contributed by atoms with Gasteiger partial charge in [-0.2, -0.15) is 0 Å². The summed E-state index contributed by atoms with van der Waals surface area (Å²) in [4.78, 5) is 59.3. The van der Waals surface area contributed by atoms with Crippen LogP contribution >= 0.6 is 11.8 Å². The molecule has 1 fully saturated rings. The molecule has 4 rings (SSSR count). The van der Waals surface area contributed by atoms with Gasteiger partial charge in [-0.15, -0.1) is 0 Å². The molecule has 3 amide bonds. The molecule has 41 heavy (non-hydrogen) atoms. The number of ether oxygens (including phenoxy) is 2. The van der Waals surface area contributed by atoms with Gasteiger partial charge in [0.05, 0.1) is 27.4 Å². The van der Waals surface area contributed by atoms with Crippen molar-refractivity contribution in [2.24, 2.45) is 0 Å². The average molecular weight is 583 g/mol. The molecule has 3 aromatic carbocycles. The first-order valence-corrected chi connectivity index (χ1v) is 12.6. The van der Waals surface area contributed by atoms with Crippen LogP contribution in [0.5, 0.6) is 17.2 Å². The third-order valence-corrected chi connectivity index (χ3v) is 6.35. The minimum atomic E-state index is -0.812. The lowest BCUT2D eigenvalue weighted by atomic mass is 10.1. The van der Waals surface area contributed by atoms with E-state index < -0.39 is 50.6 Å². The van der Waals surface area contributed by atoms with E-state index in [0.717, 1.165) is 35.2 Å². The first kappa shape index (κ1) is 28.7. The number of hydrogen-bond donors (Lipinski definition) is 1. The molecule has 1 aliphatic heterocycles. The number of imide groups is 1. The van der Waals surface area contributed by atoms with Crippen LogP contribution < -0.4 is 14.8 Å². The van der Waals surface area contributed by atoms with Gasteiger partial charge in [-0.1, -0.05) is 6.07 Å². The number of halogens is 1. The molecule has 0 radical (unpaired) electrons. The number of nitro benzene ring substituents is 2. The number of nitro groups is 2. The number of thioether (sulfide) groups is 1. The molecule has 0 unspecified atom stereocenters. The Labute approximate surface area is 234 Å². The van der Waals surface area contributed by atoms with Crippen molar-refractivity contribution in [1.82, 2.24) is 4.90 Å². The van der Waals surface area contributed by atoms with Gasteiger partial charge in [-0.25, -0.2) is 4.39 Å². The fraction of sp³-hybridized carbons (Fsp3) is 0.115. The molecule has 13 nitrogen and oxygen atoms in total. The molecule has 3 aromatic rings. The zero-order valence-electron chi connectivity index (χ0n) is 21.1. The van der Waals surface area contributed by atoms with Gasteiger partial charge in [0.1, 0.15) is 12.4 Å². The van der Waals surface area contributed by atoms with E-state index in [2.05, 4.69) is 5.32 Å². The summed E-state index contributed by atoms with van der Waals surface area (Å²) in [6, 6.07) is 12.3. The molecule has 1 aliphatic rings. The highest BCUT2D eigenvalue weighted by Crippen LogP contribution is 2.39. The summed E-state index contributed by atoms with van der Waals surface area (Å²) >= 11 is 0.629. The van der Waals surface area contributed by atoms with Gasteiger partial charge in [0.2, 0.25) is 11.7 Å². The highest BCUT2D eigenvalue weighted by atomic mass is 32.2. The van der Waals surface area contributed by atoms with Crippen LogP contribution in [-0.2, 0) is 9.59 Å². The summed E-state index contributed by atoms with van der Waals surface area (Å²) in [7, 11) is 0. The molecule has 1 N–H and O–H groups in total. The monoisotopic (exact) mass is 582 g/mol. The molecule has 210 valence electrons. The van der Waals surface area contributed by atoms with E-state index >= 15 is 0 Å². The number of hydrogen-bond acceptors (Lipinski definition) is 10. The summed E-state index contributed by atoms with van der Waals surface area (Å²) in [5, 5.41) is 24.3. The SMILES string of the molecule is CCOc1cc(/C=C2/SC(=O)N(CC(=O)Nc3ccc(F)cc3)C2=O)ccc1Oc1ccc([N+](=O)[O-])cc1[N+](=O)[O-]. The minimum absolute atomic E-state index is 0.0340. The van der Waals surface area contributed by atoms with Crippen molar-refractivity contribution in [3.8, 4) is 17.2 Å². The molecule has 0 aliphatic carbocycles. The first-order valence-electron chi connectivity index (χ1n) is 11.7. The third-order valence-electron chi connectivity index (χ3n) is 5.44. The van der Waals surface area contributed by atoms with Gasteiger partial charge in [-0.3, -0.25) is 39.5 Å². The quantitative estimate of drug-likeness (QED) is 0.183. The number of carbonyl (C=O) groups excluding carboxylic acids is 3. The van der Waals surface area contributed by atoms with Crippen LogP contribution in [0.4, 0.5) is 26.2 Å². The summed E-state index contributed by atoms with van der Waals surface area (Å²) in [5.74, 6) is -1.89. The van der Waals surface area contributed by atoms with Crippen LogP contribution in [-0.4, -0.2) is 45.0 Å². The second-order valence-corrected chi connectivity index (χ2v) is 9.22. The number of benzene rings is 3. The Bertz CT molecular complexity index is 1590. The molecule has 1 heterocycles. The molecule has 0 saturated carbocycles. The fourth-order valence-electron chi connectivity index (χ4n) is 3.60. The van der Waals surface area contributed by atoms with E-state index in [4.69, 9.17) is 9.47 Å². The zero-order chi connectivity index (χ0) is 29.7. The van der Waals surface area contributed by atoms with E-state index in [1.165, 1.54) is 36.4 Å². The normalized spacial score (nSPS) is 13.8. The zero-order valence-corrected chi connectivity index (χ0v) is 21.9. The van der Waals surface area contributed by atoms with Crippen molar-refractivity contribution in [3.05, 3.63) is 97.2 Å². The maximum absolute atomic E-state index is 13.1.